The summed E-state index contributed by atoms with van der Waals surface area (Å²) in [6, 6.07) is 4.26. The number of hydrogen-bond donors (Lipinski definition) is 2. The highest BCUT2D eigenvalue weighted by Crippen LogP contribution is 2.46. The second kappa shape index (κ2) is 9.52. The molecule has 1 aromatic rings. The number of amides is 4. The zero-order chi connectivity index (χ0) is 25.3. The van der Waals surface area contributed by atoms with Gasteiger partial charge in [-0.15, -0.1) is 0 Å². The van der Waals surface area contributed by atoms with E-state index in [0.29, 0.717) is 30.0 Å². The molecule has 1 heterocycles. The van der Waals surface area contributed by atoms with Crippen LogP contribution >= 0.6 is 0 Å². The molecule has 34 heavy (non-hydrogen) atoms. The molecule has 2 aliphatic rings. The number of carbonyl (C=O) groups is 4. The minimum atomic E-state index is -1.17. The average molecular weight is 476 g/mol. The van der Waals surface area contributed by atoms with E-state index in [1.807, 2.05) is 0 Å². The van der Waals surface area contributed by atoms with Crippen LogP contribution in [0.15, 0.2) is 18.2 Å². The van der Waals surface area contributed by atoms with Gasteiger partial charge >= 0.3 is 12.0 Å². The predicted octanol–water partition coefficient (Wildman–Crippen LogP) is 2.71. The predicted molar refractivity (Wildman–Crippen MR) is 124 cm³/mol. The zero-order valence-corrected chi connectivity index (χ0v) is 20.5. The van der Waals surface area contributed by atoms with Crippen molar-refractivity contribution in [2.24, 2.45) is 11.3 Å². The Labute approximate surface area is 199 Å². The molecule has 1 aliphatic heterocycles. The lowest BCUT2D eigenvalue weighted by Crippen LogP contribution is -2.54. The summed E-state index contributed by atoms with van der Waals surface area (Å²) in [6.45, 7) is 7.02. The highest BCUT2D eigenvalue weighted by Gasteiger charge is 2.56. The maximum absolute atomic E-state index is 13.2. The molecule has 4 amide bonds. The van der Waals surface area contributed by atoms with Crippen LogP contribution in [0.25, 0.3) is 0 Å². The van der Waals surface area contributed by atoms with E-state index in [4.69, 9.17) is 14.2 Å². The molecule has 1 aromatic carbocycles. The summed E-state index contributed by atoms with van der Waals surface area (Å²) in [5.41, 5.74) is -0.783. The van der Waals surface area contributed by atoms with Gasteiger partial charge in [-0.2, -0.15) is 0 Å². The summed E-state index contributed by atoms with van der Waals surface area (Å²) < 4.78 is 15.6. The molecule has 3 atom stereocenters. The smallest absolute Gasteiger partial charge is 0.327 e. The van der Waals surface area contributed by atoms with E-state index in [9.17, 15) is 19.2 Å². The van der Waals surface area contributed by atoms with E-state index in [2.05, 4.69) is 31.4 Å². The Morgan fingerprint density at radius 1 is 1.21 bits per heavy atom. The van der Waals surface area contributed by atoms with Crippen LogP contribution in [0, 0.1) is 11.3 Å². The first kappa shape index (κ1) is 25.3. The third-order valence-corrected chi connectivity index (χ3v) is 6.25. The van der Waals surface area contributed by atoms with E-state index in [1.54, 1.807) is 18.2 Å². The maximum Gasteiger partial charge on any atom is 0.327 e. The third-order valence-electron chi connectivity index (χ3n) is 6.25. The molecule has 186 valence electrons. The Morgan fingerprint density at radius 3 is 2.53 bits per heavy atom. The number of anilines is 1. The molecule has 0 aromatic heterocycles. The second-order valence-electron chi connectivity index (χ2n) is 9.95. The van der Waals surface area contributed by atoms with Crippen LogP contribution in [-0.4, -0.2) is 61.1 Å². The van der Waals surface area contributed by atoms with E-state index < -0.39 is 42.0 Å². The number of benzene rings is 1. The van der Waals surface area contributed by atoms with Crippen LogP contribution in [0.2, 0.25) is 0 Å². The minimum Gasteiger partial charge on any atom is -0.497 e. The van der Waals surface area contributed by atoms with Gasteiger partial charge in [0, 0.05) is 6.07 Å². The number of urea groups is 1. The van der Waals surface area contributed by atoms with Crippen LogP contribution < -0.4 is 20.1 Å². The lowest BCUT2D eigenvalue weighted by Gasteiger charge is -2.43. The number of imide groups is 1. The number of hydrogen-bond acceptors (Lipinski definition) is 7. The van der Waals surface area contributed by atoms with Gasteiger partial charge in [0.1, 0.15) is 23.6 Å². The third kappa shape index (κ3) is 5.26. The Balaban J connectivity index is 1.62. The fraction of sp³-hybridized carbons (Fsp3) is 0.583. The molecule has 0 radical (unpaired) electrons. The number of ether oxygens (including phenoxy) is 3. The second-order valence-corrected chi connectivity index (χ2v) is 9.95. The number of carbonyl (C=O) groups excluding carboxylic acids is 4. The molecule has 0 unspecified atom stereocenters. The summed E-state index contributed by atoms with van der Waals surface area (Å²) in [5.74, 6) is -0.722. The van der Waals surface area contributed by atoms with Crippen molar-refractivity contribution in [1.29, 1.82) is 0 Å². The van der Waals surface area contributed by atoms with Crippen molar-refractivity contribution in [2.45, 2.75) is 58.6 Å². The van der Waals surface area contributed by atoms with Crippen molar-refractivity contribution in [1.82, 2.24) is 10.2 Å². The summed E-state index contributed by atoms with van der Waals surface area (Å²) in [4.78, 5) is 51.8. The first-order valence-corrected chi connectivity index (χ1v) is 11.3. The highest BCUT2D eigenvalue weighted by molar-refractivity contribution is 6.09. The molecule has 2 fully saturated rings. The topological polar surface area (TPSA) is 123 Å². The van der Waals surface area contributed by atoms with Crippen molar-refractivity contribution in [3.63, 3.8) is 0 Å². The van der Waals surface area contributed by atoms with E-state index in [-0.39, 0.29) is 11.3 Å². The van der Waals surface area contributed by atoms with Gasteiger partial charge in [0.25, 0.3) is 11.8 Å². The fourth-order valence-corrected chi connectivity index (χ4v) is 5.21. The zero-order valence-electron chi connectivity index (χ0n) is 20.5. The Morgan fingerprint density at radius 2 is 1.91 bits per heavy atom. The number of nitrogens with one attached hydrogen (secondary N) is 2. The van der Waals surface area contributed by atoms with Gasteiger partial charge in [0.05, 0.1) is 19.9 Å². The van der Waals surface area contributed by atoms with Crippen LogP contribution in [0.4, 0.5) is 10.5 Å². The minimum absolute atomic E-state index is 0.120. The van der Waals surface area contributed by atoms with Gasteiger partial charge in [0.2, 0.25) is 0 Å². The van der Waals surface area contributed by atoms with Gasteiger partial charge in [-0.1, -0.05) is 20.8 Å². The molecule has 3 rings (SSSR count). The number of nitrogens with zero attached hydrogens (tertiary/aromatic N) is 1. The van der Waals surface area contributed by atoms with Crippen LogP contribution in [0.1, 0.15) is 47.0 Å². The quantitative estimate of drug-likeness (QED) is 0.459. The molecule has 1 aliphatic carbocycles. The highest BCUT2D eigenvalue weighted by atomic mass is 16.5. The van der Waals surface area contributed by atoms with Gasteiger partial charge in [-0.05, 0) is 49.7 Å². The SMILES string of the molecule is COc1ccc(OC)c(NC(=O)[C@H](C)OC(=O)CN2C(=O)N[C@@]3(C[C@H](C)CC(C)(C)C3)C2=O)c1. The monoisotopic (exact) mass is 475 g/mol. The van der Waals surface area contributed by atoms with Crippen molar-refractivity contribution in [2.75, 3.05) is 26.1 Å². The molecule has 1 spiro atoms. The van der Waals surface area contributed by atoms with E-state index in [0.717, 1.165) is 11.3 Å². The molecular formula is C24H33N3O7. The molecule has 1 saturated heterocycles. The number of esters is 1. The van der Waals surface area contributed by atoms with Crippen molar-refractivity contribution < 1.29 is 33.4 Å². The standard InChI is InChI=1S/C24H33N3O7/c1-14-10-23(3,4)13-24(11-14)21(30)27(22(31)26-24)12-19(28)34-15(2)20(29)25-17-9-16(32-5)7-8-18(17)33-6/h7-9,14-15H,10-13H2,1-6H3,(H,25,29)(H,26,31)/t14-,15+,24-/m1/s1. The lowest BCUT2D eigenvalue weighted by atomic mass is 9.64. The Kier molecular flexibility index (Phi) is 7.09. The van der Waals surface area contributed by atoms with Crippen LogP contribution in [0.3, 0.4) is 0 Å². The van der Waals surface area contributed by atoms with Crippen LogP contribution in [0.5, 0.6) is 11.5 Å². The normalized spacial score (nSPS) is 24.4. The molecular weight excluding hydrogens is 442 g/mol. The van der Waals surface area contributed by atoms with Gasteiger partial charge in [-0.3, -0.25) is 19.3 Å². The maximum atomic E-state index is 13.2. The van der Waals surface area contributed by atoms with Crippen molar-refractivity contribution in [3.8, 4) is 11.5 Å². The van der Waals surface area contributed by atoms with Gasteiger partial charge in [0.15, 0.2) is 6.10 Å². The van der Waals surface area contributed by atoms with Crippen molar-refractivity contribution >= 4 is 29.5 Å². The summed E-state index contributed by atoms with van der Waals surface area (Å²) in [6.07, 6.45) is 0.798. The Hall–Kier alpha value is -3.30. The lowest BCUT2D eigenvalue weighted by molar-refractivity contribution is -0.155. The number of rotatable bonds is 7. The fourth-order valence-electron chi connectivity index (χ4n) is 5.21. The van der Waals surface area contributed by atoms with Crippen LogP contribution in [-0.2, 0) is 19.1 Å². The average Bonchev–Trinajstić information content (AvgIpc) is 2.95. The first-order valence-electron chi connectivity index (χ1n) is 11.3. The molecule has 1 saturated carbocycles. The van der Waals surface area contributed by atoms with Gasteiger partial charge < -0.3 is 24.8 Å². The summed E-state index contributed by atoms with van der Waals surface area (Å²) in [5, 5.41) is 5.45. The molecule has 10 heteroatoms. The van der Waals surface area contributed by atoms with Gasteiger partial charge in [-0.25, -0.2) is 4.79 Å². The summed E-state index contributed by atoms with van der Waals surface area (Å²) in [7, 11) is 2.95. The van der Waals surface area contributed by atoms with Crippen molar-refractivity contribution in [3.05, 3.63) is 18.2 Å². The Bertz CT molecular complexity index is 993. The molecule has 2 N–H and O–H groups in total. The van der Waals surface area contributed by atoms with E-state index >= 15 is 0 Å². The molecule has 10 nitrogen and oxygen atoms in total. The summed E-state index contributed by atoms with van der Waals surface area (Å²) >= 11 is 0. The number of methoxy groups -OCH3 is 2. The van der Waals surface area contributed by atoms with E-state index in [1.165, 1.54) is 21.1 Å². The first-order chi connectivity index (χ1) is 15.9. The largest absolute Gasteiger partial charge is 0.497 e. The molecule has 0 bridgehead atoms.